The van der Waals surface area contributed by atoms with Gasteiger partial charge in [0.2, 0.25) is 11.6 Å². The fourth-order valence-corrected chi connectivity index (χ4v) is 4.36. The van der Waals surface area contributed by atoms with Crippen molar-refractivity contribution in [3.63, 3.8) is 0 Å². The van der Waals surface area contributed by atoms with E-state index in [0.717, 1.165) is 4.47 Å². The van der Waals surface area contributed by atoms with E-state index in [0.29, 0.717) is 16.5 Å². The van der Waals surface area contributed by atoms with Crippen LogP contribution in [-0.2, 0) is 0 Å². The summed E-state index contributed by atoms with van der Waals surface area (Å²) in [5, 5.41) is 20.5. The number of rotatable bonds is 5. The fraction of sp³-hybridized carbons (Fsp3) is 0. The molecule has 0 atom stereocenters. The number of carboxylic acid groups (broad SMARTS) is 1. The zero-order valence-electron chi connectivity index (χ0n) is 18.3. The van der Waals surface area contributed by atoms with Crippen molar-refractivity contribution >= 4 is 44.4 Å². The van der Waals surface area contributed by atoms with E-state index in [2.05, 4.69) is 15.9 Å². The number of hydrogen-bond acceptors (Lipinski definition) is 6. The molecule has 0 saturated carbocycles. The van der Waals surface area contributed by atoms with Crippen LogP contribution in [0.4, 0.5) is 0 Å². The molecule has 36 heavy (non-hydrogen) atoms. The first kappa shape index (κ1) is 23.2. The lowest BCUT2D eigenvalue weighted by Crippen LogP contribution is -2.15. The Bertz CT molecular complexity index is 1730. The molecule has 0 amide bonds. The molecule has 0 bridgehead atoms. The molecule has 3 aromatic carbocycles. The van der Waals surface area contributed by atoms with Gasteiger partial charge in [-0.25, -0.2) is 4.79 Å². The number of hydrogen-bond donors (Lipinski definition) is 2. The highest BCUT2D eigenvalue weighted by molar-refractivity contribution is 9.10. The van der Waals surface area contributed by atoms with Crippen LogP contribution in [-0.4, -0.2) is 27.7 Å². The summed E-state index contributed by atoms with van der Waals surface area (Å²) in [6.45, 7) is 0. The van der Waals surface area contributed by atoms with E-state index < -0.39 is 17.5 Å². The Kier molecular flexibility index (Phi) is 5.74. The highest BCUT2D eigenvalue weighted by Gasteiger charge is 2.25. The second-order valence-electron chi connectivity index (χ2n) is 8.05. The maximum absolute atomic E-state index is 12.9. The number of phenolic OH excluding ortho intramolecular Hbond substituents is 1. The summed E-state index contributed by atoms with van der Waals surface area (Å²) in [6.07, 6.45) is 0. The number of carbonyl (C=O) groups excluding carboxylic acids is 2. The highest BCUT2D eigenvalue weighted by Crippen LogP contribution is 2.42. The average Bonchev–Trinajstić information content (AvgIpc) is 2.86. The molecule has 7 nitrogen and oxygen atoms in total. The number of phenols is 1. The third kappa shape index (κ3) is 4.08. The maximum atomic E-state index is 12.9. The number of ketones is 2. The normalized spacial score (nSPS) is 11.0. The van der Waals surface area contributed by atoms with E-state index in [1.165, 1.54) is 60.7 Å². The molecule has 2 N–H and O–H groups in total. The van der Waals surface area contributed by atoms with Crippen molar-refractivity contribution in [2.75, 3.05) is 0 Å². The Balaban J connectivity index is 1.71. The number of carbonyl (C=O) groups is 3. The van der Waals surface area contributed by atoms with E-state index in [4.69, 9.17) is 4.42 Å². The predicted octanol–water partition coefficient (Wildman–Crippen LogP) is 5.80. The summed E-state index contributed by atoms with van der Waals surface area (Å²) in [5.41, 5.74) is 1.01. The molecule has 0 unspecified atom stereocenters. The smallest absolute Gasteiger partial charge is 0.336 e. The molecule has 0 saturated heterocycles. The number of aromatic hydroxyl groups is 1. The Morgan fingerprint density at radius 3 is 2.14 bits per heavy atom. The minimum absolute atomic E-state index is 0.0688. The molecule has 176 valence electrons. The summed E-state index contributed by atoms with van der Waals surface area (Å²) in [7, 11) is 0. The number of Topliss-reactive ketones (excluding diaryl/α,β-unsaturated/α-hetero) is 2. The molecule has 1 aliphatic carbocycles. The van der Waals surface area contributed by atoms with Gasteiger partial charge in [0.15, 0.2) is 5.43 Å². The minimum Gasteiger partial charge on any atom is -0.508 e. The number of benzene rings is 4. The van der Waals surface area contributed by atoms with Crippen LogP contribution in [0.2, 0.25) is 0 Å². The lowest BCUT2D eigenvalue weighted by atomic mass is 9.89. The predicted molar refractivity (Wildman–Crippen MR) is 136 cm³/mol. The molecular weight excluding hydrogens is 528 g/mol. The summed E-state index contributed by atoms with van der Waals surface area (Å²) >= 11 is 3.27. The van der Waals surface area contributed by atoms with Crippen LogP contribution in [0.1, 0.15) is 31.1 Å². The molecule has 5 rings (SSSR count). The third-order valence-corrected chi connectivity index (χ3v) is 6.30. The molecule has 1 heterocycles. The fourth-order valence-electron chi connectivity index (χ4n) is 4.09. The van der Waals surface area contributed by atoms with Crippen LogP contribution in [0.15, 0.2) is 92.5 Å². The SMILES string of the molecule is O=C(C(=O)c1ccc(-c2c3ccc(=O)cc-3oc3cc(O)ccc23)c(C(=O)O)c1)c1ccc(Br)cc1. The molecule has 8 heteroatoms. The Hall–Kier alpha value is -4.56. The van der Waals surface area contributed by atoms with Gasteiger partial charge in [-0.1, -0.05) is 28.1 Å². The molecule has 0 aromatic heterocycles. The van der Waals surface area contributed by atoms with Gasteiger partial charge >= 0.3 is 5.97 Å². The van der Waals surface area contributed by atoms with Gasteiger partial charge in [0, 0.05) is 44.2 Å². The average molecular weight is 543 g/mol. The molecule has 0 fully saturated rings. The second kappa shape index (κ2) is 8.90. The topological polar surface area (TPSA) is 122 Å². The molecule has 2 aliphatic rings. The summed E-state index contributed by atoms with van der Waals surface area (Å²) in [4.78, 5) is 49.9. The van der Waals surface area contributed by atoms with Crippen molar-refractivity contribution in [2.45, 2.75) is 0 Å². The quantitative estimate of drug-likeness (QED) is 0.163. The number of carboxylic acids is 1. The van der Waals surface area contributed by atoms with E-state index >= 15 is 0 Å². The first-order chi connectivity index (χ1) is 17.2. The molecule has 3 aromatic rings. The zero-order valence-corrected chi connectivity index (χ0v) is 19.9. The van der Waals surface area contributed by atoms with E-state index in [9.17, 15) is 29.4 Å². The van der Waals surface area contributed by atoms with Crippen molar-refractivity contribution in [3.8, 4) is 28.2 Å². The van der Waals surface area contributed by atoms with Crippen molar-refractivity contribution in [1.82, 2.24) is 0 Å². The maximum Gasteiger partial charge on any atom is 0.336 e. The van der Waals surface area contributed by atoms with Crippen molar-refractivity contribution in [1.29, 1.82) is 0 Å². The van der Waals surface area contributed by atoms with Crippen LogP contribution in [0, 0.1) is 0 Å². The minimum atomic E-state index is -1.31. The van der Waals surface area contributed by atoms with Gasteiger partial charge in [0.05, 0.1) is 5.56 Å². The largest absolute Gasteiger partial charge is 0.508 e. The van der Waals surface area contributed by atoms with Crippen LogP contribution < -0.4 is 5.43 Å². The first-order valence-electron chi connectivity index (χ1n) is 10.6. The summed E-state index contributed by atoms with van der Waals surface area (Å²) in [6, 6.07) is 18.8. The van der Waals surface area contributed by atoms with Crippen LogP contribution in [0.5, 0.6) is 5.75 Å². The highest BCUT2D eigenvalue weighted by atomic mass is 79.9. The lowest BCUT2D eigenvalue weighted by molar-refractivity contribution is 0.0697. The summed E-state index contributed by atoms with van der Waals surface area (Å²) < 4.78 is 6.56. The lowest BCUT2D eigenvalue weighted by Gasteiger charge is -2.17. The number of aromatic carboxylic acids is 1. The van der Waals surface area contributed by atoms with E-state index in [1.54, 1.807) is 18.2 Å². The third-order valence-electron chi connectivity index (χ3n) is 5.77. The second-order valence-corrected chi connectivity index (χ2v) is 8.96. The van der Waals surface area contributed by atoms with Gasteiger partial charge in [-0.3, -0.25) is 14.4 Å². The number of fused-ring (bicyclic) bond motifs is 2. The van der Waals surface area contributed by atoms with Gasteiger partial charge in [0.25, 0.3) is 0 Å². The van der Waals surface area contributed by atoms with Gasteiger partial charge in [0.1, 0.15) is 17.1 Å². The Morgan fingerprint density at radius 2 is 1.42 bits per heavy atom. The van der Waals surface area contributed by atoms with Crippen molar-refractivity contribution in [2.24, 2.45) is 0 Å². The number of halogens is 1. The summed E-state index contributed by atoms with van der Waals surface area (Å²) in [5.74, 6) is -2.78. The van der Waals surface area contributed by atoms with Crippen molar-refractivity contribution < 1.29 is 29.0 Å². The van der Waals surface area contributed by atoms with Crippen LogP contribution >= 0.6 is 15.9 Å². The van der Waals surface area contributed by atoms with E-state index in [1.807, 2.05) is 0 Å². The van der Waals surface area contributed by atoms with Crippen LogP contribution in [0.3, 0.4) is 0 Å². The van der Waals surface area contributed by atoms with Gasteiger partial charge in [-0.05, 0) is 60.2 Å². The van der Waals surface area contributed by atoms with Gasteiger partial charge < -0.3 is 14.6 Å². The molecule has 0 radical (unpaired) electrons. The van der Waals surface area contributed by atoms with E-state index in [-0.39, 0.29) is 44.8 Å². The zero-order chi connectivity index (χ0) is 25.6. The molecule has 1 aliphatic heterocycles. The Labute approximate surface area is 211 Å². The standard InChI is InChI=1S/C28H15BrO7/c29-16-4-1-14(2-5-16)26(32)27(33)15-3-8-19(22(11-15)28(34)35)25-20-9-6-17(30)12-23(20)36-24-13-18(31)7-10-21(24)25/h1-13,30H,(H,34,35). The van der Waals surface area contributed by atoms with Crippen LogP contribution in [0.25, 0.3) is 33.4 Å². The first-order valence-corrected chi connectivity index (χ1v) is 11.4. The Morgan fingerprint density at radius 1 is 0.750 bits per heavy atom. The molecular formula is C28H15BrO7. The monoisotopic (exact) mass is 542 g/mol. The molecule has 0 spiro atoms. The van der Waals surface area contributed by atoms with Gasteiger partial charge in [-0.2, -0.15) is 0 Å². The van der Waals surface area contributed by atoms with Crippen molar-refractivity contribution in [3.05, 3.63) is 110 Å². The van der Waals surface area contributed by atoms with Gasteiger partial charge in [-0.15, -0.1) is 0 Å².